The van der Waals surface area contributed by atoms with Crippen LogP contribution in [0.2, 0.25) is 0 Å². The minimum absolute atomic E-state index is 0.0156. The molecule has 0 aliphatic carbocycles. The van der Waals surface area contributed by atoms with Crippen molar-refractivity contribution in [3.8, 4) is 11.1 Å². The number of hydrogen-bond acceptors (Lipinski definition) is 4. The van der Waals surface area contributed by atoms with Gasteiger partial charge in [-0.15, -0.1) is 0 Å². The lowest BCUT2D eigenvalue weighted by Gasteiger charge is -2.51. The number of para-hydroxylation sites is 7. The molecule has 4 nitrogen and oxygen atoms in total. The SMILES string of the molecule is CC(C)c1cc(C(C)C)c(B2c3ccccc3N(c3ccccc3)c3cc4c(cc32)B2c3ccccc3N3c5ccccc5B5c6ccccc6N(c6ccccc6-c6ccccc6)c6cc(c2c3c65)N4c2ccccc2)c(C(C)C)c1. The third-order valence-corrected chi connectivity index (χ3v) is 18.6. The molecule has 11 aromatic carbocycles. The van der Waals surface area contributed by atoms with Crippen LogP contribution in [0, 0.1) is 0 Å². The zero-order valence-electron chi connectivity index (χ0n) is 47.3. The highest BCUT2D eigenvalue weighted by Crippen LogP contribution is 2.52. The van der Waals surface area contributed by atoms with E-state index in [1.165, 1.54) is 128 Å². The summed E-state index contributed by atoms with van der Waals surface area (Å²) in [5.41, 5.74) is 33.2. The third-order valence-electron chi connectivity index (χ3n) is 18.6. The lowest BCUT2D eigenvalue weighted by molar-refractivity contribution is 0.812. The molecular weight excluding hydrogens is 989 g/mol. The Morgan fingerprint density at radius 2 is 0.634 bits per heavy atom. The quantitative estimate of drug-likeness (QED) is 0.141. The Bertz CT molecular complexity index is 4360. The number of hydrogen-bond donors (Lipinski definition) is 0. The molecule has 0 unspecified atom stereocenters. The summed E-state index contributed by atoms with van der Waals surface area (Å²) >= 11 is 0. The van der Waals surface area contributed by atoms with Gasteiger partial charge in [-0.1, -0.05) is 223 Å². The number of anilines is 12. The van der Waals surface area contributed by atoms with Crippen molar-refractivity contribution in [3.63, 3.8) is 0 Å². The maximum absolute atomic E-state index is 2.69. The molecule has 5 aliphatic rings. The largest absolute Gasteiger partial charge is 0.312 e. The third kappa shape index (κ3) is 7.02. The molecule has 0 aromatic heterocycles. The van der Waals surface area contributed by atoms with Crippen molar-refractivity contribution in [2.75, 3.05) is 19.6 Å². The van der Waals surface area contributed by atoms with Crippen LogP contribution in [0.25, 0.3) is 11.1 Å². The highest BCUT2D eigenvalue weighted by molar-refractivity contribution is 7.05. The molecule has 11 aromatic rings. The van der Waals surface area contributed by atoms with E-state index >= 15 is 0 Å². The molecule has 0 bridgehead atoms. The van der Waals surface area contributed by atoms with Gasteiger partial charge in [-0.05, 0) is 150 Å². The first kappa shape index (κ1) is 48.7. The first-order chi connectivity index (χ1) is 40.2. The first-order valence-electron chi connectivity index (χ1n) is 29.6. The van der Waals surface area contributed by atoms with E-state index in [0.717, 1.165) is 17.1 Å². The summed E-state index contributed by atoms with van der Waals surface area (Å²) in [7, 11) is 0. The van der Waals surface area contributed by atoms with Gasteiger partial charge in [0.15, 0.2) is 0 Å². The summed E-state index contributed by atoms with van der Waals surface area (Å²) in [5, 5.41) is 0. The van der Waals surface area contributed by atoms with Crippen molar-refractivity contribution in [3.05, 3.63) is 259 Å². The number of rotatable bonds is 8. The minimum Gasteiger partial charge on any atom is -0.312 e. The second kappa shape index (κ2) is 18.7. The standard InChI is InChI=1S/C75H61B3N4/c1-47(2)51-42-55(48(3)4)72(56(43-51)49(5)6)77-57-33-17-22-38-64(57)79(52-28-12-8-13-29-52)68-45-69-62(44-61(68)77)78-60-36-20-25-41-67(60)82-66-40-24-19-35-59(66)76-58-34-18-23-39-65(58)81(63-37-21-16-32-54(63)50-26-10-7-11-27-50)71-46-70(73(78)75(82)74(71)76)80(69)53-30-14-9-15-31-53/h7-49H,1-6H3. The topological polar surface area (TPSA) is 13.0 Å². The molecule has 7 heteroatoms. The Morgan fingerprint density at radius 3 is 1.12 bits per heavy atom. The lowest BCUT2D eigenvalue weighted by atomic mass is 9.28. The van der Waals surface area contributed by atoms with Crippen molar-refractivity contribution in [1.29, 1.82) is 0 Å². The molecular formula is C75H61B3N4. The Balaban J connectivity index is 1.06. The predicted octanol–water partition coefficient (Wildman–Crippen LogP) is 13.7. The summed E-state index contributed by atoms with van der Waals surface area (Å²) in [6, 6.07) is 92.4. The van der Waals surface area contributed by atoms with E-state index in [1.807, 2.05) is 0 Å². The molecule has 0 fully saturated rings. The summed E-state index contributed by atoms with van der Waals surface area (Å²) in [4.78, 5) is 10.5. The second-order valence-corrected chi connectivity index (χ2v) is 24.1. The molecule has 5 heterocycles. The average Bonchev–Trinajstić information content (AvgIpc) is 1.41. The molecule has 0 saturated carbocycles. The normalized spacial score (nSPS) is 13.9. The van der Waals surface area contributed by atoms with Crippen molar-refractivity contribution < 1.29 is 0 Å². The van der Waals surface area contributed by atoms with E-state index in [-0.39, 0.29) is 20.1 Å². The molecule has 0 atom stereocenters. The van der Waals surface area contributed by atoms with E-state index in [2.05, 4.69) is 304 Å². The zero-order valence-corrected chi connectivity index (χ0v) is 47.3. The smallest absolute Gasteiger partial charge is 0.252 e. The van der Waals surface area contributed by atoms with Crippen molar-refractivity contribution in [1.82, 2.24) is 0 Å². The molecule has 0 saturated heterocycles. The van der Waals surface area contributed by atoms with E-state index < -0.39 is 0 Å². The Morgan fingerprint density at radius 1 is 0.268 bits per heavy atom. The van der Waals surface area contributed by atoms with Gasteiger partial charge in [0.25, 0.3) is 13.4 Å². The fourth-order valence-corrected chi connectivity index (χ4v) is 15.1. The van der Waals surface area contributed by atoms with Crippen LogP contribution in [0.5, 0.6) is 0 Å². The molecule has 82 heavy (non-hydrogen) atoms. The van der Waals surface area contributed by atoms with E-state index in [9.17, 15) is 0 Å². The summed E-state index contributed by atoms with van der Waals surface area (Å²) in [5.74, 6) is 1.02. The predicted molar refractivity (Wildman–Crippen MR) is 353 cm³/mol. The van der Waals surface area contributed by atoms with Crippen molar-refractivity contribution in [2.24, 2.45) is 0 Å². The monoisotopic (exact) mass is 1050 g/mol. The first-order valence-corrected chi connectivity index (χ1v) is 29.6. The second-order valence-electron chi connectivity index (χ2n) is 24.1. The highest BCUT2D eigenvalue weighted by atomic mass is 15.2. The van der Waals surface area contributed by atoms with Crippen LogP contribution < -0.4 is 68.8 Å². The Hall–Kier alpha value is -9.19. The zero-order chi connectivity index (χ0) is 55.1. The maximum Gasteiger partial charge on any atom is 0.252 e. The van der Waals surface area contributed by atoms with Crippen LogP contribution in [0.1, 0.15) is 76.0 Å². The number of nitrogens with zero attached hydrogens (tertiary/aromatic N) is 4. The fraction of sp³-hybridized carbons (Fsp3) is 0.120. The molecule has 0 spiro atoms. The van der Waals surface area contributed by atoms with Gasteiger partial charge >= 0.3 is 0 Å². The van der Waals surface area contributed by atoms with Gasteiger partial charge in [0, 0.05) is 68.1 Å². The van der Waals surface area contributed by atoms with Crippen LogP contribution in [0.4, 0.5) is 68.2 Å². The number of fused-ring (bicyclic) bond motifs is 12. The van der Waals surface area contributed by atoms with E-state index in [0.29, 0.717) is 17.8 Å². The van der Waals surface area contributed by atoms with Gasteiger partial charge in [-0.2, -0.15) is 0 Å². The van der Waals surface area contributed by atoms with Crippen molar-refractivity contribution >= 4 is 138 Å². The fourth-order valence-electron chi connectivity index (χ4n) is 15.1. The molecule has 5 aliphatic heterocycles. The Labute approximate surface area is 484 Å². The van der Waals surface area contributed by atoms with Gasteiger partial charge in [0.05, 0.1) is 5.69 Å². The molecule has 0 radical (unpaired) electrons. The summed E-state index contributed by atoms with van der Waals surface area (Å²) in [6.45, 7) is 14.2. The van der Waals surface area contributed by atoms with Crippen LogP contribution in [-0.4, -0.2) is 20.1 Å². The molecule has 16 rings (SSSR count). The van der Waals surface area contributed by atoms with Gasteiger partial charge in [-0.25, -0.2) is 0 Å². The molecule has 0 amide bonds. The van der Waals surface area contributed by atoms with Crippen molar-refractivity contribution in [2.45, 2.75) is 59.3 Å². The lowest BCUT2D eigenvalue weighted by Crippen LogP contribution is -2.69. The minimum atomic E-state index is -0.100. The van der Waals surface area contributed by atoms with Crippen LogP contribution in [-0.2, 0) is 0 Å². The van der Waals surface area contributed by atoms with E-state index in [1.54, 1.807) is 0 Å². The average molecular weight is 1050 g/mol. The van der Waals surface area contributed by atoms with Crippen LogP contribution >= 0.6 is 0 Å². The Kier molecular flexibility index (Phi) is 11.1. The van der Waals surface area contributed by atoms with E-state index in [4.69, 9.17) is 0 Å². The maximum atomic E-state index is 2.69. The summed E-state index contributed by atoms with van der Waals surface area (Å²) < 4.78 is 0. The number of benzene rings is 11. The van der Waals surface area contributed by atoms with Gasteiger partial charge < -0.3 is 19.6 Å². The van der Waals surface area contributed by atoms with Gasteiger partial charge in [0.1, 0.15) is 0 Å². The molecule has 0 N–H and O–H groups in total. The van der Waals surface area contributed by atoms with Gasteiger partial charge in [-0.3, -0.25) is 0 Å². The van der Waals surface area contributed by atoms with Crippen LogP contribution in [0.15, 0.2) is 243 Å². The van der Waals surface area contributed by atoms with Crippen LogP contribution in [0.3, 0.4) is 0 Å². The highest BCUT2D eigenvalue weighted by Gasteiger charge is 2.52. The molecule has 390 valence electrons. The van der Waals surface area contributed by atoms with Gasteiger partial charge in [0.2, 0.25) is 6.71 Å². The summed E-state index contributed by atoms with van der Waals surface area (Å²) in [6.07, 6.45) is 0.